The fourth-order valence-electron chi connectivity index (χ4n) is 2.57. The summed E-state index contributed by atoms with van der Waals surface area (Å²) in [7, 11) is 0. The van der Waals surface area contributed by atoms with Crippen molar-refractivity contribution in [2.75, 3.05) is 13.1 Å². The van der Waals surface area contributed by atoms with E-state index in [4.69, 9.17) is 11.6 Å². The van der Waals surface area contributed by atoms with Crippen LogP contribution in [-0.4, -0.2) is 54.5 Å². The Morgan fingerprint density at radius 3 is 2.00 bits per heavy atom. The van der Waals surface area contributed by atoms with Gasteiger partial charge in [0.15, 0.2) is 0 Å². The van der Waals surface area contributed by atoms with Gasteiger partial charge in [-0.25, -0.2) is 4.79 Å². The van der Waals surface area contributed by atoms with Gasteiger partial charge in [-0.15, -0.1) is 0 Å². The number of hydrogen-bond acceptors (Lipinski definition) is 3. The molecule has 156 valence electrons. The average Bonchev–Trinajstić information content (AvgIpc) is 2.58. The van der Waals surface area contributed by atoms with E-state index in [1.807, 2.05) is 0 Å². The van der Waals surface area contributed by atoms with E-state index in [0.29, 0.717) is 10.6 Å². The van der Waals surface area contributed by atoms with Crippen LogP contribution in [-0.2, 0) is 4.74 Å². The van der Waals surface area contributed by atoms with Crippen molar-refractivity contribution in [1.82, 2.24) is 10.2 Å². The predicted octanol–water partition coefficient (Wildman–Crippen LogP) is 4.16. The van der Waals surface area contributed by atoms with Crippen molar-refractivity contribution >= 4 is 23.6 Å². The van der Waals surface area contributed by atoms with Crippen molar-refractivity contribution in [2.45, 2.75) is 37.3 Å². The van der Waals surface area contributed by atoms with Gasteiger partial charge < -0.3 is 15.0 Å². The molecular formula is C16H15ClF6N2O3. The van der Waals surface area contributed by atoms with Gasteiger partial charge in [-0.3, -0.25) is 4.79 Å². The molecule has 1 fully saturated rings. The first kappa shape index (κ1) is 22.1. The fraction of sp³-hybridized carbons (Fsp3) is 0.500. The summed E-state index contributed by atoms with van der Waals surface area (Å²) in [6, 6.07) is 5.64. The smallest absolute Gasteiger partial charge is 0.426 e. The van der Waals surface area contributed by atoms with Crippen LogP contribution in [0.25, 0.3) is 0 Å². The van der Waals surface area contributed by atoms with Gasteiger partial charge in [-0.05, 0) is 37.1 Å². The van der Waals surface area contributed by atoms with Crippen LogP contribution in [0.1, 0.15) is 23.2 Å². The lowest BCUT2D eigenvalue weighted by Gasteiger charge is -2.33. The number of benzene rings is 1. The molecule has 1 saturated heterocycles. The molecule has 0 bridgehead atoms. The maximum atomic E-state index is 12.5. The number of alkyl halides is 6. The highest BCUT2D eigenvalue weighted by Crippen LogP contribution is 2.36. The zero-order valence-electron chi connectivity index (χ0n) is 14.1. The van der Waals surface area contributed by atoms with Crippen molar-refractivity contribution in [1.29, 1.82) is 0 Å². The number of carbonyl (C=O) groups excluding carboxylic acids is 2. The van der Waals surface area contributed by atoms with E-state index < -0.39 is 36.5 Å². The van der Waals surface area contributed by atoms with E-state index in [1.165, 1.54) is 24.3 Å². The number of likely N-dealkylation sites (tertiary alicyclic amines) is 1. The quantitative estimate of drug-likeness (QED) is 0.730. The highest BCUT2D eigenvalue weighted by Gasteiger charge is 2.60. The van der Waals surface area contributed by atoms with Crippen LogP contribution in [0.3, 0.4) is 0 Å². The fourth-order valence-corrected chi connectivity index (χ4v) is 2.70. The first-order chi connectivity index (χ1) is 12.9. The van der Waals surface area contributed by atoms with E-state index in [2.05, 4.69) is 10.1 Å². The van der Waals surface area contributed by atoms with Gasteiger partial charge in [0.2, 0.25) is 0 Å². The van der Waals surface area contributed by atoms with E-state index in [9.17, 15) is 35.9 Å². The molecule has 1 aromatic rings. The minimum Gasteiger partial charge on any atom is -0.426 e. The molecule has 0 saturated carbocycles. The normalized spacial score (nSPS) is 16.2. The van der Waals surface area contributed by atoms with Crippen LogP contribution in [0.4, 0.5) is 31.1 Å². The Hall–Kier alpha value is -2.17. The molecule has 1 aliphatic heterocycles. The maximum absolute atomic E-state index is 12.5. The van der Waals surface area contributed by atoms with Gasteiger partial charge in [0.05, 0.1) is 0 Å². The first-order valence-corrected chi connectivity index (χ1v) is 8.41. The summed E-state index contributed by atoms with van der Waals surface area (Å²) in [5.41, 5.74) is 0.337. The lowest BCUT2D eigenvalue weighted by molar-refractivity contribution is -0.308. The molecule has 0 radical (unpaired) electrons. The number of hydrogen-bond donors (Lipinski definition) is 1. The molecule has 2 rings (SSSR count). The second-order valence-corrected chi connectivity index (χ2v) is 6.53. The van der Waals surface area contributed by atoms with E-state index in [1.54, 1.807) is 0 Å². The Morgan fingerprint density at radius 1 is 1.04 bits per heavy atom. The number of nitrogens with one attached hydrogen (secondary N) is 1. The van der Waals surface area contributed by atoms with E-state index in [0.717, 1.165) is 4.90 Å². The van der Waals surface area contributed by atoms with E-state index in [-0.39, 0.29) is 25.9 Å². The molecule has 1 N–H and O–H groups in total. The number of amides is 2. The average molecular weight is 433 g/mol. The number of carbonyl (C=O) groups is 2. The molecule has 0 aliphatic carbocycles. The Balaban J connectivity index is 1.88. The lowest BCUT2D eigenvalue weighted by atomic mass is 10.0. The molecule has 5 nitrogen and oxygen atoms in total. The first-order valence-electron chi connectivity index (χ1n) is 8.03. The summed E-state index contributed by atoms with van der Waals surface area (Å²) >= 11 is 5.72. The molecular weight excluding hydrogens is 418 g/mol. The number of halogens is 7. The number of rotatable bonds is 3. The zero-order valence-corrected chi connectivity index (χ0v) is 14.9. The van der Waals surface area contributed by atoms with Gasteiger partial charge in [0, 0.05) is 29.7 Å². The molecule has 1 aromatic carbocycles. The molecule has 1 heterocycles. The summed E-state index contributed by atoms with van der Waals surface area (Å²) in [6.07, 6.45) is -17.1. The third-order valence-corrected chi connectivity index (χ3v) is 4.26. The monoisotopic (exact) mass is 432 g/mol. The molecule has 1 aliphatic rings. The highest BCUT2D eigenvalue weighted by atomic mass is 35.5. The molecule has 2 amide bonds. The van der Waals surface area contributed by atoms with Crippen LogP contribution >= 0.6 is 11.6 Å². The van der Waals surface area contributed by atoms with Crippen molar-refractivity contribution in [3.05, 3.63) is 34.9 Å². The Kier molecular flexibility index (Phi) is 6.68. The largest absolute Gasteiger partial charge is 0.434 e. The summed E-state index contributed by atoms with van der Waals surface area (Å²) in [6.45, 7) is -0.320. The molecule has 0 aromatic heterocycles. The Labute approximate surface area is 160 Å². The number of ether oxygens (including phenoxy) is 1. The summed E-state index contributed by atoms with van der Waals surface area (Å²) in [5, 5.41) is 3.13. The molecule has 12 heteroatoms. The van der Waals surface area contributed by atoms with Gasteiger partial charge in [0.25, 0.3) is 12.0 Å². The lowest BCUT2D eigenvalue weighted by Crippen LogP contribution is -2.51. The van der Waals surface area contributed by atoms with Crippen molar-refractivity contribution in [2.24, 2.45) is 0 Å². The maximum Gasteiger partial charge on any atom is 0.434 e. The van der Waals surface area contributed by atoms with Crippen LogP contribution < -0.4 is 5.32 Å². The topological polar surface area (TPSA) is 58.6 Å². The third kappa shape index (κ3) is 5.91. The van der Waals surface area contributed by atoms with Gasteiger partial charge in [-0.1, -0.05) is 11.6 Å². The summed E-state index contributed by atoms with van der Waals surface area (Å²) in [4.78, 5) is 24.5. The molecule has 28 heavy (non-hydrogen) atoms. The SMILES string of the molecule is O=C(NC1CCN(C(=O)OC(C(F)(F)F)C(F)(F)F)CC1)c1ccc(Cl)cc1. The Bertz CT molecular complexity index is 686. The molecule has 0 atom stereocenters. The summed E-state index contributed by atoms with van der Waals surface area (Å²) in [5.74, 6) is -0.410. The Morgan fingerprint density at radius 2 is 1.54 bits per heavy atom. The third-order valence-electron chi connectivity index (χ3n) is 4.01. The van der Waals surface area contributed by atoms with Gasteiger partial charge >= 0.3 is 18.4 Å². The predicted molar refractivity (Wildman–Crippen MR) is 85.9 cm³/mol. The standard InChI is InChI=1S/C16H15ClF6N2O3/c17-10-3-1-9(2-4-10)12(26)24-11-5-7-25(8-6-11)14(27)28-13(15(18,19)20)16(21,22)23/h1-4,11,13H,5-8H2,(H,24,26). The summed E-state index contributed by atoms with van der Waals surface area (Å²) < 4.78 is 78.4. The van der Waals surface area contributed by atoms with Crippen LogP contribution in [0, 0.1) is 0 Å². The zero-order chi connectivity index (χ0) is 21.1. The van der Waals surface area contributed by atoms with Crippen LogP contribution in [0.15, 0.2) is 24.3 Å². The minimum atomic E-state index is -5.77. The second kappa shape index (κ2) is 8.46. The van der Waals surface area contributed by atoms with Crippen LogP contribution in [0.5, 0.6) is 0 Å². The van der Waals surface area contributed by atoms with Gasteiger partial charge in [0.1, 0.15) is 0 Å². The van der Waals surface area contributed by atoms with Crippen LogP contribution in [0.2, 0.25) is 5.02 Å². The minimum absolute atomic E-state index is 0.150. The van der Waals surface area contributed by atoms with Crippen molar-refractivity contribution < 1.29 is 40.7 Å². The highest BCUT2D eigenvalue weighted by molar-refractivity contribution is 6.30. The second-order valence-electron chi connectivity index (χ2n) is 6.09. The molecule has 0 spiro atoms. The van der Waals surface area contributed by atoms with Crippen molar-refractivity contribution in [3.63, 3.8) is 0 Å². The van der Waals surface area contributed by atoms with E-state index >= 15 is 0 Å². The number of piperidine rings is 1. The van der Waals surface area contributed by atoms with Gasteiger partial charge in [-0.2, -0.15) is 26.3 Å². The molecule has 0 unspecified atom stereocenters. The number of nitrogens with zero attached hydrogens (tertiary/aromatic N) is 1. The van der Waals surface area contributed by atoms with Crippen molar-refractivity contribution in [3.8, 4) is 0 Å².